The second kappa shape index (κ2) is 2.70. The summed E-state index contributed by atoms with van der Waals surface area (Å²) in [6, 6.07) is 0. The van der Waals surface area contributed by atoms with E-state index < -0.39 is 0 Å². The molecule has 9 heavy (non-hydrogen) atoms. The first kappa shape index (κ1) is 6.34. The van der Waals surface area contributed by atoms with Crippen LogP contribution in [0.1, 0.15) is 0 Å². The SMILES string of the molecule is C1SC[NH+]2CSC[NH+]1C2. The van der Waals surface area contributed by atoms with E-state index in [9.17, 15) is 0 Å². The third-order valence-electron chi connectivity index (χ3n) is 1.72. The normalized spacial score (nSPS) is 42.7. The molecule has 0 spiro atoms. The standard InChI is InChI=1S/C5H10N2S2/c1-6-2-8-4-7(1)5-9-3-6/h1-5H2/p+2. The predicted molar refractivity (Wildman–Crippen MR) is 41.4 cm³/mol. The van der Waals surface area contributed by atoms with Crippen LogP contribution >= 0.6 is 23.5 Å². The van der Waals surface area contributed by atoms with Gasteiger partial charge < -0.3 is 0 Å². The Morgan fingerprint density at radius 2 is 1.22 bits per heavy atom. The second-order valence-electron chi connectivity index (χ2n) is 2.66. The molecule has 0 atom stereocenters. The third kappa shape index (κ3) is 1.37. The number of hydrogen-bond acceptors (Lipinski definition) is 2. The highest BCUT2D eigenvalue weighted by atomic mass is 32.2. The van der Waals surface area contributed by atoms with Crippen LogP contribution in [0.25, 0.3) is 0 Å². The van der Waals surface area contributed by atoms with E-state index in [2.05, 4.69) is 23.5 Å². The topological polar surface area (TPSA) is 8.88 Å². The van der Waals surface area contributed by atoms with Gasteiger partial charge in [-0.15, -0.1) is 0 Å². The van der Waals surface area contributed by atoms with Gasteiger partial charge in [0, 0.05) is 0 Å². The third-order valence-corrected chi connectivity index (χ3v) is 4.17. The van der Waals surface area contributed by atoms with Gasteiger partial charge in [0.2, 0.25) is 6.67 Å². The number of fused-ring (bicyclic) bond motifs is 2. The summed E-state index contributed by atoms with van der Waals surface area (Å²) in [7, 11) is 0. The van der Waals surface area contributed by atoms with Crippen molar-refractivity contribution in [2.45, 2.75) is 0 Å². The Bertz CT molecular complexity index is 89.1. The quantitative estimate of drug-likeness (QED) is 0.430. The van der Waals surface area contributed by atoms with E-state index in [4.69, 9.17) is 0 Å². The van der Waals surface area contributed by atoms with Gasteiger partial charge in [-0.3, -0.25) is 9.80 Å². The van der Waals surface area contributed by atoms with Crippen molar-refractivity contribution in [2.24, 2.45) is 0 Å². The first-order valence-corrected chi connectivity index (χ1v) is 5.59. The summed E-state index contributed by atoms with van der Waals surface area (Å²) in [5, 5.41) is 0. The van der Waals surface area contributed by atoms with Crippen LogP contribution in [0.4, 0.5) is 0 Å². The molecule has 0 unspecified atom stereocenters. The zero-order chi connectivity index (χ0) is 6.10. The van der Waals surface area contributed by atoms with Gasteiger partial charge in [0.25, 0.3) is 0 Å². The molecule has 2 aliphatic heterocycles. The summed E-state index contributed by atoms with van der Waals surface area (Å²) in [4.78, 5) is 3.55. The molecule has 0 amide bonds. The van der Waals surface area contributed by atoms with Crippen LogP contribution in [0.2, 0.25) is 0 Å². The number of hydrogen-bond donors (Lipinski definition) is 2. The summed E-state index contributed by atoms with van der Waals surface area (Å²) in [5.41, 5.74) is 0. The van der Waals surface area contributed by atoms with Crippen LogP contribution in [0.15, 0.2) is 0 Å². The minimum atomic E-state index is 1.34. The Labute approximate surface area is 64.0 Å². The summed E-state index contributed by atoms with van der Waals surface area (Å²) in [5.74, 6) is 5.38. The van der Waals surface area contributed by atoms with Gasteiger partial charge in [0.15, 0.2) is 0 Å². The maximum atomic E-state index is 2.10. The molecule has 0 saturated carbocycles. The van der Waals surface area contributed by atoms with Crippen molar-refractivity contribution in [3.05, 3.63) is 0 Å². The lowest BCUT2D eigenvalue weighted by atomic mass is 10.7. The smallest absolute Gasteiger partial charge is 0.207 e. The van der Waals surface area contributed by atoms with Crippen molar-refractivity contribution >= 4 is 23.5 Å². The maximum Gasteiger partial charge on any atom is 0.207 e. The van der Waals surface area contributed by atoms with E-state index in [1.165, 1.54) is 30.2 Å². The first-order chi connectivity index (χ1) is 4.45. The maximum absolute atomic E-state index is 2.10. The largest absolute Gasteiger partial charge is 0.271 e. The lowest BCUT2D eigenvalue weighted by Gasteiger charge is -2.32. The van der Waals surface area contributed by atoms with Crippen molar-refractivity contribution in [1.29, 1.82) is 0 Å². The average Bonchev–Trinajstić information content (AvgIpc) is 1.88. The predicted octanol–water partition coefficient (Wildman–Crippen LogP) is -1.96. The molecule has 2 nitrogen and oxygen atoms in total. The van der Waals surface area contributed by atoms with E-state index in [1.54, 1.807) is 9.80 Å². The summed E-state index contributed by atoms with van der Waals surface area (Å²) < 4.78 is 0. The molecule has 2 aliphatic rings. The Morgan fingerprint density at radius 1 is 0.778 bits per heavy atom. The Kier molecular flexibility index (Phi) is 1.90. The summed E-state index contributed by atoms with van der Waals surface area (Å²) in [6.07, 6.45) is 0. The Balaban J connectivity index is 1.96. The molecule has 0 aromatic heterocycles. The molecular weight excluding hydrogens is 152 g/mol. The lowest BCUT2D eigenvalue weighted by molar-refractivity contribution is -1.08. The van der Waals surface area contributed by atoms with Crippen LogP contribution in [-0.4, -0.2) is 30.2 Å². The second-order valence-corrected chi connectivity index (χ2v) is 4.63. The number of quaternary nitrogens is 2. The highest BCUT2D eigenvalue weighted by Gasteiger charge is 2.28. The van der Waals surface area contributed by atoms with Gasteiger partial charge in [-0.05, 0) is 23.5 Å². The fraction of sp³-hybridized carbons (Fsp3) is 1.00. The zero-order valence-electron chi connectivity index (χ0n) is 5.35. The lowest BCUT2D eigenvalue weighted by Crippen LogP contribution is -3.34. The first-order valence-electron chi connectivity index (χ1n) is 3.28. The molecule has 0 aromatic carbocycles. The molecule has 0 radical (unpaired) electrons. The molecule has 2 heterocycles. The number of thioether (sulfide) groups is 2. The fourth-order valence-electron chi connectivity index (χ4n) is 1.32. The van der Waals surface area contributed by atoms with E-state index in [0.29, 0.717) is 0 Å². The van der Waals surface area contributed by atoms with Crippen molar-refractivity contribution in [2.75, 3.05) is 30.2 Å². The van der Waals surface area contributed by atoms with Gasteiger partial charge >= 0.3 is 0 Å². The van der Waals surface area contributed by atoms with Gasteiger partial charge in [-0.25, -0.2) is 0 Å². The molecule has 52 valence electrons. The van der Waals surface area contributed by atoms with Crippen LogP contribution in [0.5, 0.6) is 0 Å². The molecule has 0 aliphatic carbocycles. The molecule has 2 fully saturated rings. The van der Waals surface area contributed by atoms with Gasteiger partial charge in [0.1, 0.15) is 23.5 Å². The van der Waals surface area contributed by atoms with Crippen molar-refractivity contribution in [3.63, 3.8) is 0 Å². The van der Waals surface area contributed by atoms with Gasteiger partial charge in [-0.2, -0.15) is 0 Å². The van der Waals surface area contributed by atoms with E-state index in [0.717, 1.165) is 0 Å². The van der Waals surface area contributed by atoms with Gasteiger partial charge in [-0.1, -0.05) is 0 Å². The minimum absolute atomic E-state index is 1.34. The van der Waals surface area contributed by atoms with Crippen LogP contribution < -0.4 is 9.80 Å². The highest BCUT2D eigenvalue weighted by molar-refractivity contribution is 8.00. The molecule has 2 bridgehead atoms. The minimum Gasteiger partial charge on any atom is -0.271 e. The Morgan fingerprint density at radius 3 is 1.56 bits per heavy atom. The Hall–Kier alpha value is 0.620. The molecule has 2 rings (SSSR count). The van der Waals surface area contributed by atoms with E-state index in [-0.39, 0.29) is 0 Å². The van der Waals surface area contributed by atoms with E-state index in [1.807, 2.05) is 0 Å². The van der Waals surface area contributed by atoms with Crippen molar-refractivity contribution < 1.29 is 9.80 Å². The monoisotopic (exact) mass is 164 g/mol. The van der Waals surface area contributed by atoms with E-state index >= 15 is 0 Å². The van der Waals surface area contributed by atoms with Crippen LogP contribution in [-0.2, 0) is 0 Å². The van der Waals surface area contributed by atoms with Crippen LogP contribution in [0.3, 0.4) is 0 Å². The van der Waals surface area contributed by atoms with Crippen LogP contribution in [0, 0.1) is 0 Å². The average molecular weight is 164 g/mol. The van der Waals surface area contributed by atoms with Crippen molar-refractivity contribution in [3.8, 4) is 0 Å². The fourth-order valence-corrected chi connectivity index (χ4v) is 3.75. The van der Waals surface area contributed by atoms with Gasteiger partial charge in [0.05, 0.1) is 0 Å². The molecule has 2 N–H and O–H groups in total. The molecule has 2 saturated heterocycles. The summed E-state index contributed by atoms with van der Waals surface area (Å²) >= 11 is 4.20. The molecule has 4 heteroatoms. The van der Waals surface area contributed by atoms with Crippen molar-refractivity contribution in [1.82, 2.24) is 0 Å². The molecular formula is C5H12N2S2+2. The summed E-state index contributed by atoms with van der Waals surface area (Å²) in [6.45, 7) is 1.38. The number of rotatable bonds is 0. The highest BCUT2D eigenvalue weighted by Crippen LogP contribution is 1.98. The molecule has 0 aromatic rings. The number of nitrogens with one attached hydrogen (secondary N) is 2. The zero-order valence-corrected chi connectivity index (χ0v) is 6.99.